The van der Waals surface area contributed by atoms with Gasteiger partial charge in [0, 0.05) is 52.6 Å². The smallest absolute Gasteiger partial charge is 0.406 e. The molecule has 1 aliphatic heterocycles. The van der Waals surface area contributed by atoms with Crippen LogP contribution in [0.5, 0.6) is 5.75 Å². The van der Waals surface area contributed by atoms with Crippen molar-refractivity contribution in [3.05, 3.63) is 48.0 Å². The molecular weight excluding hydrogens is 491 g/mol. The van der Waals surface area contributed by atoms with Crippen LogP contribution in [0.2, 0.25) is 0 Å². The van der Waals surface area contributed by atoms with Gasteiger partial charge in [-0.2, -0.15) is 0 Å². The van der Waals surface area contributed by atoms with E-state index in [0.29, 0.717) is 37.1 Å². The first kappa shape index (κ1) is 26.9. The molecule has 1 aromatic heterocycles. The number of piperidine rings is 1. The van der Waals surface area contributed by atoms with Gasteiger partial charge in [0.1, 0.15) is 11.4 Å². The molecule has 2 amide bonds. The minimum absolute atomic E-state index is 0.0460. The number of aromatic nitrogens is 2. The van der Waals surface area contributed by atoms with Crippen molar-refractivity contribution in [2.24, 2.45) is 24.8 Å². The Labute approximate surface area is 213 Å². The lowest BCUT2D eigenvalue weighted by Crippen LogP contribution is -2.43. The Morgan fingerprint density at radius 2 is 2.00 bits per heavy atom. The summed E-state index contributed by atoms with van der Waals surface area (Å²) in [6, 6.07) is 5.61. The topological polar surface area (TPSA) is 88.9 Å². The van der Waals surface area contributed by atoms with E-state index in [2.05, 4.69) is 19.9 Å². The molecule has 1 aromatic carbocycles. The Hall–Kier alpha value is -3.12. The highest BCUT2D eigenvalue weighted by Crippen LogP contribution is 2.52. The minimum Gasteiger partial charge on any atom is -0.406 e. The average molecular weight is 524 g/mol. The molecule has 12 heteroatoms. The van der Waals surface area contributed by atoms with Gasteiger partial charge in [-0.25, -0.2) is 4.98 Å². The molecule has 2 aliphatic rings. The van der Waals surface area contributed by atoms with Crippen LogP contribution in [-0.2, 0) is 23.1 Å². The first-order valence-electron chi connectivity index (χ1n) is 12.1. The number of nitrogens with zero attached hydrogens (tertiary/aromatic N) is 4. The minimum atomic E-state index is -4.79. The van der Waals surface area contributed by atoms with Crippen molar-refractivity contribution < 1.29 is 32.2 Å². The number of nitrogens with one attached hydrogen (secondary N) is 1. The van der Waals surface area contributed by atoms with Crippen LogP contribution in [-0.4, -0.2) is 83.5 Å². The molecule has 202 valence electrons. The average Bonchev–Trinajstić information content (AvgIpc) is 3.12. The molecule has 0 spiro atoms. The normalized spacial score (nSPS) is 21.8. The lowest BCUT2D eigenvalue weighted by molar-refractivity contribution is -0.274. The zero-order valence-electron chi connectivity index (χ0n) is 21.1. The number of imidazole rings is 1. The summed E-state index contributed by atoms with van der Waals surface area (Å²) in [5, 5.41) is 2.91. The number of benzene rings is 1. The summed E-state index contributed by atoms with van der Waals surface area (Å²) in [6.45, 7) is 4.77. The van der Waals surface area contributed by atoms with Gasteiger partial charge in [-0.15, -0.1) is 13.2 Å². The molecule has 1 saturated heterocycles. The van der Waals surface area contributed by atoms with E-state index < -0.39 is 6.36 Å². The predicted octanol–water partition coefficient (Wildman–Crippen LogP) is 2.29. The molecule has 2 fully saturated rings. The molecule has 1 saturated carbocycles. The lowest BCUT2D eigenvalue weighted by Gasteiger charge is -2.25. The van der Waals surface area contributed by atoms with Gasteiger partial charge >= 0.3 is 6.36 Å². The van der Waals surface area contributed by atoms with Crippen LogP contribution in [0.15, 0.2) is 36.8 Å². The number of carbonyl (C=O) groups excluding carboxylic acids is 2. The molecule has 0 radical (unpaired) electrons. The number of ether oxygens (including phenoxy) is 2. The number of amides is 2. The third-order valence-electron chi connectivity index (χ3n) is 6.79. The Bertz CT molecular complexity index is 1100. The first-order chi connectivity index (χ1) is 17.5. The molecular formula is C25H32F3N5O4. The van der Waals surface area contributed by atoms with Crippen LogP contribution in [0.4, 0.5) is 13.2 Å². The second-order valence-electron chi connectivity index (χ2n) is 9.91. The van der Waals surface area contributed by atoms with Crippen LogP contribution >= 0.6 is 0 Å². The van der Waals surface area contributed by atoms with Crippen molar-refractivity contribution in [3.8, 4) is 5.75 Å². The molecule has 4 rings (SSSR count). The van der Waals surface area contributed by atoms with E-state index in [1.165, 1.54) is 24.5 Å². The molecule has 2 heterocycles. The number of carbonyl (C=O) groups is 2. The zero-order chi connectivity index (χ0) is 26.7. The summed E-state index contributed by atoms with van der Waals surface area (Å²) in [4.78, 5) is 33.5. The number of likely N-dealkylation sites (tertiary alicyclic amines) is 1. The number of hydrogen-bond acceptors (Lipinski definition) is 6. The monoisotopic (exact) mass is 523 g/mol. The maximum atomic E-state index is 13.3. The van der Waals surface area contributed by atoms with Gasteiger partial charge in [0.05, 0.1) is 19.5 Å². The maximum Gasteiger partial charge on any atom is 0.573 e. The summed E-state index contributed by atoms with van der Waals surface area (Å²) in [5.41, 5.74) is 0.805. The van der Waals surface area contributed by atoms with Crippen molar-refractivity contribution in [2.45, 2.75) is 25.9 Å². The number of halogens is 3. The predicted molar refractivity (Wildman–Crippen MR) is 127 cm³/mol. The van der Waals surface area contributed by atoms with E-state index in [4.69, 9.17) is 4.74 Å². The van der Waals surface area contributed by atoms with Gasteiger partial charge in [0.15, 0.2) is 0 Å². The van der Waals surface area contributed by atoms with Gasteiger partial charge in [-0.1, -0.05) is 12.1 Å². The number of alkyl halides is 3. The summed E-state index contributed by atoms with van der Waals surface area (Å²) < 4.78 is 48.8. The van der Waals surface area contributed by atoms with Crippen LogP contribution < -0.4 is 10.1 Å². The van der Waals surface area contributed by atoms with Gasteiger partial charge in [-0.3, -0.25) is 14.5 Å². The Kier molecular flexibility index (Phi) is 8.08. The van der Waals surface area contributed by atoms with Crippen LogP contribution in [0.25, 0.3) is 0 Å². The molecule has 37 heavy (non-hydrogen) atoms. The SMILES string of the molecule is COCC(C)NC(=O)CN1CC2C(C1)C2CN(Cc1cccc(OC(F)(F)F)c1)C(=O)c1cn(C)cn1. The van der Waals surface area contributed by atoms with Crippen molar-refractivity contribution in [1.29, 1.82) is 0 Å². The van der Waals surface area contributed by atoms with Crippen LogP contribution in [0.1, 0.15) is 23.0 Å². The van der Waals surface area contributed by atoms with E-state index in [1.54, 1.807) is 35.9 Å². The summed E-state index contributed by atoms with van der Waals surface area (Å²) in [6.07, 6.45) is -1.64. The number of rotatable bonds is 11. The molecule has 1 N–H and O–H groups in total. The standard InChI is InChI=1S/C25H32F3N5O4/c1-16(14-36-3)30-23(34)13-32-9-19-20(10-32)21(19)11-33(24(35)22-12-31(2)15-29-22)8-17-5-4-6-18(7-17)37-25(26,27)28/h4-7,12,15-16,19-21H,8-11,13-14H2,1-3H3,(H,30,34). The van der Waals surface area contributed by atoms with Crippen LogP contribution in [0.3, 0.4) is 0 Å². The van der Waals surface area contributed by atoms with Gasteiger partial charge in [0.25, 0.3) is 5.91 Å². The van der Waals surface area contributed by atoms with Crippen molar-refractivity contribution in [3.63, 3.8) is 0 Å². The highest BCUT2D eigenvalue weighted by Gasteiger charge is 2.56. The van der Waals surface area contributed by atoms with E-state index in [9.17, 15) is 22.8 Å². The van der Waals surface area contributed by atoms with Gasteiger partial charge in [0.2, 0.25) is 5.91 Å². The highest BCUT2D eigenvalue weighted by atomic mass is 19.4. The number of hydrogen-bond donors (Lipinski definition) is 1. The summed E-state index contributed by atoms with van der Waals surface area (Å²) in [7, 11) is 3.35. The molecule has 2 aromatic rings. The molecule has 3 unspecified atom stereocenters. The molecule has 1 aliphatic carbocycles. The number of fused-ring (bicyclic) bond motifs is 1. The zero-order valence-corrected chi connectivity index (χ0v) is 21.1. The van der Waals surface area contributed by atoms with E-state index >= 15 is 0 Å². The lowest BCUT2D eigenvalue weighted by atomic mass is 10.1. The van der Waals surface area contributed by atoms with Crippen molar-refractivity contribution in [2.75, 3.05) is 39.9 Å². The second kappa shape index (κ2) is 11.1. The fraction of sp³-hybridized carbons (Fsp3) is 0.560. The molecule has 3 atom stereocenters. The Morgan fingerprint density at radius 1 is 1.27 bits per heavy atom. The Balaban J connectivity index is 1.38. The Morgan fingerprint density at radius 3 is 2.62 bits per heavy atom. The summed E-state index contributed by atoms with van der Waals surface area (Å²) >= 11 is 0. The van der Waals surface area contributed by atoms with Crippen molar-refractivity contribution in [1.82, 2.24) is 24.7 Å². The third-order valence-corrected chi connectivity index (χ3v) is 6.79. The summed E-state index contributed by atoms with van der Waals surface area (Å²) in [5.74, 6) is 0.332. The first-order valence-corrected chi connectivity index (χ1v) is 12.1. The quantitative estimate of drug-likeness (QED) is 0.486. The molecule has 9 nitrogen and oxygen atoms in total. The van der Waals surface area contributed by atoms with E-state index in [-0.39, 0.29) is 41.8 Å². The third kappa shape index (κ3) is 7.22. The van der Waals surface area contributed by atoms with E-state index in [1.807, 2.05) is 6.92 Å². The molecule has 0 bridgehead atoms. The fourth-order valence-electron chi connectivity index (χ4n) is 5.17. The fourth-order valence-corrected chi connectivity index (χ4v) is 5.17. The second-order valence-corrected chi connectivity index (χ2v) is 9.91. The van der Waals surface area contributed by atoms with Gasteiger partial charge in [-0.05, 0) is 42.4 Å². The highest BCUT2D eigenvalue weighted by molar-refractivity contribution is 5.92. The maximum absolute atomic E-state index is 13.3. The van der Waals surface area contributed by atoms with E-state index in [0.717, 1.165) is 13.1 Å². The largest absolute Gasteiger partial charge is 0.573 e. The number of aryl methyl sites for hydroxylation is 1. The number of methoxy groups -OCH3 is 1. The van der Waals surface area contributed by atoms with Gasteiger partial charge < -0.3 is 24.3 Å². The van der Waals surface area contributed by atoms with Crippen molar-refractivity contribution >= 4 is 11.8 Å². The van der Waals surface area contributed by atoms with Crippen LogP contribution in [0, 0.1) is 17.8 Å².